The van der Waals surface area contributed by atoms with Crippen LogP contribution >= 0.6 is 0 Å². The van der Waals surface area contributed by atoms with Crippen LogP contribution in [0.25, 0.3) is 68.1 Å². The molecule has 17 heteroatoms. The highest BCUT2D eigenvalue weighted by molar-refractivity contribution is 5.92. The van der Waals surface area contributed by atoms with Crippen molar-refractivity contribution in [1.29, 1.82) is 0 Å². The van der Waals surface area contributed by atoms with Crippen molar-refractivity contribution >= 4 is 24.0 Å². The zero-order chi connectivity index (χ0) is 49.6. The fourth-order valence-corrected chi connectivity index (χ4v) is 8.64. The molecule has 0 saturated heterocycles. The van der Waals surface area contributed by atoms with Gasteiger partial charge in [-0.25, -0.2) is 24.2 Å². The summed E-state index contributed by atoms with van der Waals surface area (Å²) in [5, 5.41) is 19.6. The number of rotatable bonds is 12. The highest BCUT2D eigenvalue weighted by Crippen LogP contribution is 2.44. The largest absolute Gasteiger partial charge is 0.465 e. The van der Waals surface area contributed by atoms with Gasteiger partial charge in [0, 0.05) is 34.6 Å². The van der Waals surface area contributed by atoms with E-state index in [0.29, 0.717) is 34.5 Å². The van der Waals surface area contributed by atoms with Crippen LogP contribution < -0.4 is 15.4 Å². The molecule has 6 heterocycles. The third-order valence-electron chi connectivity index (χ3n) is 12.5. The molecule has 1 aliphatic rings. The monoisotopic (exact) mass is 942 g/mol. The number of carboxylic acid groups (broad SMARTS) is 1. The van der Waals surface area contributed by atoms with Crippen LogP contribution in [0.5, 0.6) is 5.75 Å². The van der Waals surface area contributed by atoms with Crippen LogP contribution in [-0.2, 0) is 10.2 Å². The number of methoxy groups -OCH3 is 1. The zero-order valence-electron chi connectivity index (χ0n) is 40.0. The second kappa shape index (κ2) is 18.6. The number of ether oxygens (including phenoxy) is 2. The van der Waals surface area contributed by atoms with Crippen LogP contribution in [0.3, 0.4) is 0 Å². The second-order valence-corrected chi connectivity index (χ2v) is 19.0. The van der Waals surface area contributed by atoms with E-state index in [1.807, 2.05) is 61.0 Å². The van der Waals surface area contributed by atoms with E-state index in [2.05, 4.69) is 81.7 Å². The van der Waals surface area contributed by atoms with Gasteiger partial charge in [-0.05, 0) is 70.8 Å². The highest BCUT2D eigenvalue weighted by Gasteiger charge is 2.32. The number of fused-ring (bicyclic) bond motifs is 3. The number of aromatic amines is 2. The van der Waals surface area contributed by atoms with Crippen molar-refractivity contribution in [2.24, 2.45) is 11.8 Å². The highest BCUT2D eigenvalue weighted by atomic mass is 16.5. The molecule has 0 saturated carbocycles. The number of aromatic nitrogens is 8. The molecule has 0 unspecified atom stereocenters. The van der Waals surface area contributed by atoms with Gasteiger partial charge < -0.3 is 35.2 Å². The number of nitrogens with one attached hydrogen (secondary N) is 4. The van der Waals surface area contributed by atoms with Crippen LogP contribution in [0.15, 0.2) is 122 Å². The smallest absolute Gasteiger partial charge is 0.407 e. The summed E-state index contributed by atoms with van der Waals surface area (Å²) in [5.41, 5.74) is 9.56. The number of H-pyrrole nitrogens is 2. The summed E-state index contributed by atoms with van der Waals surface area (Å²) in [4.78, 5) is 66.8. The standard InChI is InChI=1S/C53H54N10O7/c1-29(2)44(58-51(66)67)48(64)61-23-9-12-41(61)47-55-28-39(57-47)34-19-22-36-42-26-37(60-63(42)50(70-43(36)25-34)33-17-20-35(21-18-33)53(5,6)7)31-13-15-32(16-14-31)38-27-54-46(56-38)40-11-10-24-62(40)49(65)45(30(3)4)59-52(68)69-8/h9-30,44-45,50,58H,1-8H3,(H,54,56)(H,55,57)(H,59,68)(H,66,67)/t44-,45-,50-/m0/s1. The van der Waals surface area contributed by atoms with Crippen LogP contribution in [-0.4, -0.2) is 87.2 Å². The first-order valence-corrected chi connectivity index (χ1v) is 23.0. The third-order valence-corrected chi connectivity index (χ3v) is 12.5. The molecule has 0 radical (unpaired) electrons. The Morgan fingerprint density at radius 1 is 0.700 bits per heavy atom. The van der Waals surface area contributed by atoms with E-state index < -0.39 is 36.4 Å². The lowest BCUT2D eigenvalue weighted by molar-refractivity contribution is 0.0818. The molecule has 5 aromatic heterocycles. The Kier molecular flexibility index (Phi) is 12.4. The molecular weight excluding hydrogens is 889 g/mol. The van der Waals surface area contributed by atoms with Gasteiger partial charge in [0.05, 0.1) is 53.7 Å². The summed E-state index contributed by atoms with van der Waals surface area (Å²) >= 11 is 0. The Hall–Kier alpha value is -8.47. The number of alkyl carbamates (subject to hydrolysis) is 1. The molecular formula is C53H54N10O7. The van der Waals surface area contributed by atoms with E-state index in [1.165, 1.54) is 21.8 Å². The first-order valence-electron chi connectivity index (χ1n) is 23.0. The van der Waals surface area contributed by atoms with E-state index in [1.54, 1.807) is 62.9 Å². The molecule has 2 amide bonds. The normalized spacial score (nSPS) is 14.1. The SMILES string of the molecule is COC(=O)N[C@H](C(=O)n1cccc1-c1ncc(-c2ccc(-c3cc4n(n3)[C@H](c3ccc(C(C)(C)C)cc3)Oc3cc(-c5cnc(-c6cccn6C(=O)[C@@H](NC(=O)O)C(C)C)[nH]5)ccc3-4)cc2)[nH]1)C(C)C. The Morgan fingerprint density at radius 3 is 1.79 bits per heavy atom. The fraction of sp³-hybridized carbons (Fsp3) is 0.264. The van der Waals surface area contributed by atoms with E-state index in [-0.39, 0.29) is 23.2 Å². The number of amides is 2. The second-order valence-electron chi connectivity index (χ2n) is 19.0. The van der Waals surface area contributed by atoms with Gasteiger partial charge in [0.2, 0.25) is 6.23 Å². The molecule has 0 aliphatic carbocycles. The van der Waals surface area contributed by atoms with E-state index in [0.717, 1.165) is 44.9 Å². The summed E-state index contributed by atoms with van der Waals surface area (Å²) in [5.74, 6) is 0.372. The first kappa shape index (κ1) is 46.6. The Balaban J connectivity index is 1.01. The van der Waals surface area contributed by atoms with Crippen LogP contribution in [0.2, 0.25) is 0 Å². The van der Waals surface area contributed by atoms with Crippen molar-refractivity contribution in [3.05, 3.63) is 133 Å². The van der Waals surface area contributed by atoms with Crippen molar-refractivity contribution in [2.45, 2.75) is 72.2 Å². The van der Waals surface area contributed by atoms with Crippen molar-refractivity contribution in [2.75, 3.05) is 7.11 Å². The van der Waals surface area contributed by atoms with Gasteiger partial charge in [-0.3, -0.25) is 18.7 Å². The lowest BCUT2D eigenvalue weighted by atomic mass is 9.86. The van der Waals surface area contributed by atoms with Gasteiger partial charge in [0.25, 0.3) is 11.8 Å². The Morgan fingerprint density at radius 2 is 1.24 bits per heavy atom. The van der Waals surface area contributed by atoms with Crippen LogP contribution in [0.4, 0.5) is 9.59 Å². The van der Waals surface area contributed by atoms with E-state index in [4.69, 9.17) is 14.6 Å². The number of nitrogens with zero attached hydrogens (tertiary/aromatic N) is 6. The van der Waals surface area contributed by atoms with Gasteiger partial charge in [-0.2, -0.15) is 5.10 Å². The van der Waals surface area contributed by atoms with Gasteiger partial charge in [-0.15, -0.1) is 0 Å². The summed E-state index contributed by atoms with van der Waals surface area (Å²) in [6.07, 6.45) is 4.12. The topological polar surface area (TPSA) is 216 Å². The molecule has 1 aliphatic heterocycles. The van der Waals surface area contributed by atoms with Gasteiger partial charge >= 0.3 is 12.2 Å². The third kappa shape index (κ3) is 9.00. The fourth-order valence-electron chi connectivity index (χ4n) is 8.64. The molecule has 3 aromatic carbocycles. The van der Waals surface area contributed by atoms with Crippen LogP contribution in [0, 0.1) is 11.8 Å². The number of carbonyl (C=O) groups is 4. The quantitative estimate of drug-likeness (QED) is 0.0781. The number of imidazole rings is 2. The molecule has 17 nitrogen and oxygen atoms in total. The Bertz CT molecular complexity index is 3230. The predicted molar refractivity (Wildman–Crippen MR) is 264 cm³/mol. The minimum atomic E-state index is -1.27. The van der Waals surface area contributed by atoms with Crippen molar-refractivity contribution in [3.8, 4) is 73.8 Å². The molecule has 0 spiro atoms. The molecule has 0 bridgehead atoms. The molecule has 358 valence electrons. The molecule has 8 aromatic rings. The van der Waals surface area contributed by atoms with Crippen molar-refractivity contribution in [1.82, 2.24) is 49.5 Å². The maximum Gasteiger partial charge on any atom is 0.407 e. The summed E-state index contributed by atoms with van der Waals surface area (Å²) in [7, 11) is 1.26. The summed E-state index contributed by atoms with van der Waals surface area (Å²) < 4.78 is 16.5. The summed E-state index contributed by atoms with van der Waals surface area (Å²) in [6.45, 7) is 13.8. The average molecular weight is 943 g/mol. The lowest BCUT2D eigenvalue weighted by Crippen LogP contribution is -2.46. The number of benzene rings is 3. The van der Waals surface area contributed by atoms with Gasteiger partial charge in [0.1, 0.15) is 17.8 Å². The first-order chi connectivity index (χ1) is 33.5. The summed E-state index contributed by atoms with van der Waals surface area (Å²) in [6, 6.07) is 29.7. The zero-order valence-corrected chi connectivity index (χ0v) is 40.0. The van der Waals surface area contributed by atoms with E-state index >= 15 is 0 Å². The molecule has 3 atom stereocenters. The minimum Gasteiger partial charge on any atom is -0.465 e. The maximum atomic E-state index is 13.6. The van der Waals surface area contributed by atoms with Gasteiger partial charge in [0.15, 0.2) is 11.6 Å². The van der Waals surface area contributed by atoms with Gasteiger partial charge in [-0.1, -0.05) is 103 Å². The molecule has 0 fully saturated rings. The molecule has 70 heavy (non-hydrogen) atoms. The minimum absolute atomic E-state index is 0.0449. The maximum absolute atomic E-state index is 13.6. The van der Waals surface area contributed by atoms with E-state index in [9.17, 15) is 24.3 Å². The number of carbonyl (C=O) groups excluding carboxylic acids is 3. The van der Waals surface area contributed by atoms with Crippen LogP contribution in [0.1, 0.15) is 75.4 Å². The average Bonchev–Trinajstić information content (AvgIpc) is 4.21. The molecule has 5 N–H and O–H groups in total. The molecule has 9 rings (SSSR count). The van der Waals surface area contributed by atoms with Crippen molar-refractivity contribution in [3.63, 3.8) is 0 Å². The number of hydrogen-bond acceptors (Lipinski definition) is 9. The Labute approximate surface area is 403 Å². The lowest BCUT2D eigenvalue weighted by Gasteiger charge is -2.29. The number of hydrogen-bond donors (Lipinski definition) is 5. The predicted octanol–water partition coefficient (Wildman–Crippen LogP) is 10.1. The van der Waals surface area contributed by atoms with Crippen molar-refractivity contribution < 1.29 is 33.8 Å².